The second kappa shape index (κ2) is 7.73. The Balaban J connectivity index is 3.86. The zero-order chi connectivity index (χ0) is 9.40. The summed E-state index contributed by atoms with van der Waals surface area (Å²) in [5.41, 5.74) is 6.08. The van der Waals surface area contributed by atoms with E-state index in [0.717, 1.165) is 19.6 Å². The highest BCUT2D eigenvalue weighted by molar-refractivity contribution is 6.46. The topological polar surface area (TPSA) is 44.5 Å². The third-order valence-electron chi connectivity index (χ3n) is 1.87. The molecule has 0 aromatic rings. The predicted octanol–water partition coefficient (Wildman–Crippen LogP) is 1.02. The van der Waals surface area contributed by atoms with E-state index < -0.39 is 9.28 Å². The first-order chi connectivity index (χ1) is 5.79. The monoisotopic (exact) mass is 191 g/mol. The summed E-state index contributed by atoms with van der Waals surface area (Å²) in [4.78, 5) is 0. The first kappa shape index (κ1) is 12.1. The maximum absolute atomic E-state index is 5.62. The fourth-order valence-corrected chi connectivity index (χ4v) is 3.02. The molecule has 1 atom stereocenters. The molecule has 4 heteroatoms. The number of hydrogen-bond acceptors (Lipinski definition) is 3. The molecule has 0 rings (SSSR count). The lowest BCUT2D eigenvalue weighted by Gasteiger charge is -2.22. The van der Waals surface area contributed by atoms with E-state index in [-0.39, 0.29) is 0 Å². The van der Waals surface area contributed by atoms with E-state index in [1.54, 1.807) is 0 Å². The van der Waals surface area contributed by atoms with E-state index in [4.69, 9.17) is 14.6 Å². The summed E-state index contributed by atoms with van der Waals surface area (Å²) in [6.07, 6.45) is 1.06. The third-order valence-corrected chi connectivity index (χ3v) is 4.71. The molecule has 0 aromatic heterocycles. The van der Waals surface area contributed by atoms with Crippen molar-refractivity contribution in [3.05, 3.63) is 0 Å². The molecule has 0 aliphatic carbocycles. The Morgan fingerprint density at radius 1 is 1.17 bits per heavy atom. The highest BCUT2D eigenvalue weighted by atomic mass is 28.3. The molecule has 0 heterocycles. The molecule has 0 saturated heterocycles. The van der Waals surface area contributed by atoms with Gasteiger partial charge < -0.3 is 14.6 Å². The summed E-state index contributed by atoms with van der Waals surface area (Å²) in [5, 5.41) is 0. The summed E-state index contributed by atoms with van der Waals surface area (Å²) < 4.78 is 11.1. The molecular formula is C8H21NO2Si. The Kier molecular flexibility index (Phi) is 7.79. The Labute approximate surface area is 77.1 Å². The van der Waals surface area contributed by atoms with Crippen LogP contribution in [0.4, 0.5) is 0 Å². The van der Waals surface area contributed by atoms with Crippen molar-refractivity contribution in [3.63, 3.8) is 0 Å². The van der Waals surface area contributed by atoms with Crippen LogP contribution in [0.15, 0.2) is 0 Å². The van der Waals surface area contributed by atoms with Gasteiger partial charge in [0.05, 0.1) is 0 Å². The number of hydrogen-bond donors (Lipinski definition) is 1. The molecule has 0 saturated carbocycles. The van der Waals surface area contributed by atoms with E-state index in [1.165, 1.54) is 0 Å². The minimum absolute atomic E-state index is 0.463. The van der Waals surface area contributed by atoms with Crippen molar-refractivity contribution in [2.45, 2.75) is 32.7 Å². The fourth-order valence-electron chi connectivity index (χ4n) is 1.12. The van der Waals surface area contributed by atoms with Gasteiger partial charge in [0, 0.05) is 18.8 Å². The van der Waals surface area contributed by atoms with Gasteiger partial charge in [-0.25, -0.2) is 0 Å². The van der Waals surface area contributed by atoms with E-state index in [2.05, 4.69) is 6.92 Å². The third kappa shape index (κ3) is 4.20. The van der Waals surface area contributed by atoms with Crippen molar-refractivity contribution in [2.24, 2.45) is 5.73 Å². The molecular weight excluding hydrogens is 170 g/mol. The average Bonchev–Trinajstić information content (AvgIpc) is 2.07. The van der Waals surface area contributed by atoms with Gasteiger partial charge in [0.2, 0.25) is 0 Å². The lowest BCUT2D eigenvalue weighted by molar-refractivity contribution is 0.203. The van der Waals surface area contributed by atoms with Crippen molar-refractivity contribution >= 4 is 9.28 Å². The molecule has 0 aliphatic rings. The Morgan fingerprint density at radius 2 is 1.67 bits per heavy atom. The van der Waals surface area contributed by atoms with Gasteiger partial charge in [-0.2, -0.15) is 0 Å². The smallest absolute Gasteiger partial charge is 0.325 e. The molecule has 74 valence electrons. The lowest BCUT2D eigenvalue weighted by atomic mass is 10.3. The van der Waals surface area contributed by atoms with Crippen LogP contribution in [0.25, 0.3) is 0 Å². The minimum atomic E-state index is -1.47. The molecule has 0 radical (unpaired) electrons. The summed E-state index contributed by atoms with van der Waals surface area (Å²) in [6, 6.07) is 0. The van der Waals surface area contributed by atoms with Gasteiger partial charge >= 0.3 is 9.28 Å². The minimum Gasteiger partial charge on any atom is -0.397 e. The first-order valence-electron chi connectivity index (χ1n) is 4.73. The van der Waals surface area contributed by atoms with Crippen LogP contribution in [0.2, 0.25) is 5.54 Å². The summed E-state index contributed by atoms with van der Waals surface area (Å²) in [5.74, 6) is 0. The number of rotatable bonds is 7. The second-order valence-corrected chi connectivity index (χ2v) is 5.03. The van der Waals surface area contributed by atoms with Crippen LogP contribution in [0.1, 0.15) is 27.2 Å². The zero-order valence-corrected chi connectivity index (χ0v) is 9.53. The van der Waals surface area contributed by atoms with Crippen molar-refractivity contribution in [1.29, 1.82) is 0 Å². The van der Waals surface area contributed by atoms with Gasteiger partial charge in [-0.1, -0.05) is 13.3 Å². The van der Waals surface area contributed by atoms with Gasteiger partial charge in [-0.15, -0.1) is 0 Å². The van der Waals surface area contributed by atoms with Crippen molar-refractivity contribution in [1.82, 2.24) is 0 Å². The quantitative estimate of drug-likeness (QED) is 0.611. The molecule has 0 amide bonds. The van der Waals surface area contributed by atoms with Crippen LogP contribution in [0.3, 0.4) is 0 Å². The van der Waals surface area contributed by atoms with Crippen molar-refractivity contribution < 1.29 is 8.85 Å². The summed E-state index contributed by atoms with van der Waals surface area (Å²) in [7, 11) is -1.47. The SMILES string of the molecule is CCO[SiH](OCC)C(CC)CN. The molecule has 0 bridgehead atoms. The second-order valence-electron chi connectivity index (χ2n) is 2.68. The van der Waals surface area contributed by atoms with Crippen LogP contribution in [-0.2, 0) is 8.85 Å². The first-order valence-corrected chi connectivity index (χ1v) is 6.34. The molecule has 0 aromatic carbocycles. The van der Waals surface area contributed by atoms with Crippen LogP contribution in [-0.4, -0.2) is 29.0 Å². The van der Waals surface area contributed by atoms with Gasteiger partial charge in [-0.05, 0) is 20.4 Å². The average molecular weight is 191 g/mol. The molecule has 12 heavy (non-hydrogen) atoms. The highest BCUT2D eigenvalue weighted by Gasteiger charge is 2.22. The van der Waals surface area contributed by atoms with Crippen LogP contribution in [0.5, 0.6) is 0 Å². The number of nitrogens with two attached hydrogens (primary N) is 1. The fraction of sp³-hybridized carbons (Fsp3) is 1.00. The van der Waals surface area contributed by atoms with E-state index in [1.807, 2.05) is 13.8 Å². The van der Waals surface area contributed by atoms with Gasteiger partial charge in [0.1, 0.15) is 0 Å². The van der Waals surface area contributed by atoms with E-state index >= 15 is 0 Å². The summed E-state index contributed by atoms with van der Waals surface area (Å²) in [6.45, 7) is 8.31. The van der Waals surface area contributed by atoms with Crippen molar-refractivity contribution in [3.8, 4) is 0 Å². The molecule has 2 N–H and O–H groups in total. The Morgan fingerprint density at radius 3 is 1.92 bits per heavy atom. The normalized spacial score (nSPS) is 13.8. The molecule has 0 fully saturated rings. The van der Waals surface area contributed by atoms with Gasteiger partial charge in [0.15, 0.2) is 0 Å². The molecule has 1 unspecified atom stereocenters. The Hall–Kier alpha value is 0.0969. The van der Waals surface area contributed by atoms with E-state index in [0.29, 0.717) is 12.1 Å². The van der Waals surface area contributed by atoms with Crippen LogP contribution in [0, 0.1) is 0 Å². The predicted molar refractivity (Wildman–Crippen MR) is 53.5 cm³/mol. The van der Waals surface area contributed by atoms with Crippen molar-refractivity contribution in [2.75, 3.05) is 19.8 Å². The highest BCUT2D eigenvalue weighted by Crippen LogP contribution is 2.14. The van der Waals surface area contributed by atoms with Crippen LogP contribution >= 0.6 is 0 Å². The maximum Gasteiger partial charge on any atom is 0.325 e. The molecule has 0 aliphatic heterocycles. The van der Waals surface area contributed by atoms with E-state index in [9.17, 15) is 0 Å². The van der Waals surface area contributed by atoms with Gasteiger partial charge in [0.25, 0.3) is 0 Å². The molecule has 0 spiro atoms. The van der Waals surface area contributed by atoms with Gasteiger partial charge in [-0.3, -0.25) is 0 Å². The Bertz CT molecular complexity index is 93.1. The zero-order valence-electron chi connectivity index (χ0n) is 8.38. The van der Waals surface area contributed by atoms with Crippen LogP contribution < -0.4 is 5.73 Å². The maximum atomic E-state index is 5.62. The summed E-state index contributed by atoms with van der Waals surface area (Å²) >= 11 is 0. The molecule has 3 nitrogen and oxygen atoms in total. The lowest BCUT2D eigenvalue weighted by Crippen LogP contribution is -2.33. The standard InChI is InChI=1S/C8H21NO2Si/c1-4-8(7-9)12(10-5-2)11-6-3/h8,12H,4-7,9H2,1-3H3. The largest absolute Gasteiger partial charge is 0.397 e.